The van der Waals surface area contributed by atoms with Gasteiger partial charge in [0.2, 0.25) is 0 Å². The summed E-state index contributed by atoms with van der Waals surface area (Å²) < 4.78 is 0. The molecule has 0 saturated carbocycles. The van der Waals surface area contributed by atoms with Gasteiger partial charge in [0.15, 0.2) is 0 Å². The minimum atomic E-state index is -0.800. The first-order valence-corrected chi connectivity index (χ1v) is 10.3. The molecule has 0 aromatic heterocycles. The van der Waals surface area contributed by atoms with Crippen molar-refractivity contribution in [3.05, 3.63) is 53.6 Å². The van der Waals surface area contributed by atoms with Crippen molar-refractivity contribution in [1.82, 2.24) is 9.80 Å². The van der Waals surface area contributed by atoms with Gasteiger partial charge in [-0.1, -0.05) is 37.3 Å². The van der Waals surface area contributed by atoms with Crippen molar-refractivity contribution in [2.24, 2.45) is 0 Å². The number of likely N-dealkylation sites (N-methyl/N-ethyl adjacent to an activating group) is 1. The Morgan fingerprint density at radius 1 is 1.10 bits per heavy atom. The van der Waals surface area contributed by atoms with Crippen LogP contribution in [0.1, 0.15) is 30.9 Å². The molecule has 1 saturated heterocycles. The zero-order valence-electron chi connectivity index (χ0n) is 16.7. The zero-order valence-corrected chi connectivity index (χ0v) is 16.7. The smallest absolute Gasteiger partial charge is 0.321 e. The van der Waals surface area contributed by atoms with Crippen LogP contribution >= 0.6 is 0 Å². The number of aliphatic carboxylic acids is 1. The Bertz CT molecular complexity index is 919. The lowest BCUT2D eigenvalue weighted by molar-refractivity contribution is -0.139. The molecule has 1 aliphatic carbocycles. The van der Waals surface area contributed by atoms with Crippen LogP contribution in [0.4, 0.5) is 10.5 Å². The van der Waals surface area contributed by atoms with Crippen LogP contribution in [0.3, 0.4) is 0 Å². The molecule has 1 heterocycles. The fourth-order valence-corrected chi connectivity index (χ4v) is 4.53. The van der Waals surface area contributed by atoms with Crippen LogP contribution in [0.25, 0.3) is 11.1 Å². The topological polar surface area (TPSA) is 72.9 Å². The molecular formula is C23H27N3O3. The molecule has 6 nitrogen and oxygen atoms in total. The Morgan fingerprint density at radius 3 is 2.55 bits per heavy atom. The molecule has 0 bridgehead atoms. The maximum Gasteiger partial charge on any atom is 0.321 e. The number of hydrogen-bond donors (Lipinski definition) is 2. The number of rotatable bonds is 5. The largest absolute Gasteiger partial charge is 0.480 e. The van der Waals surface area contributed by atoms with Crippen LogP contribution in [-0.2, 0) is 11.2 Å². The summed E-state index contributed by atoms with van der Waals surface area (Å²) in [6, 6.07) is 14.7. The van der Waals surface area contributed by atoms with Crippen molar-refractivity contribution in [3.63, 3.8) is 0 Å². The molecule has 0 spiro atoms. The summed E-state index contributed by atoms with van der Waals surface area (Å²) in [5, 5.41) is 12.1. The van der Waals surface area contributed by atoms with E-state index in [-0.39, 0.29) is 18.6 Å². The number of benzene rings is 2. The second-order valence-corrected chi connectivity index (χ2v) is 7.81. The van der Waals surface area contributed by atoms with Gasteiger partial charge in [0.1, 0.15) is 0 Å². The zero-order chi connectivity index (χ0) is 20.4. The highest BCUT2D eigenvalue weighted by atomic mass is 16.4. The predicted octanol–water partition coefficient (Wildman–Crippen LogP) is 3.66. The number of hydrogen-bond acceptors (Lipinski definition) is 3. The minimum absolute atomic E-state index is 0.0604. The highest BCUT2D eigenvalue weighted by Crippen LogP contribution is 2.37. The predicted molar refractivity (Wildman–Crippen MR) is 113 cm³/mol. The molecule has 2 aromatic carbocycles. The number of nitrogens with one attached hydrogen (secondary N) is 1. The highest BCUT2D eigenvalue weighted by Gasteiger charge is 2.27. The molecule has 2 aromatic rings. The van der Waals surface area contributed by atoms with E-state index in [0.717, 1.165) is 24.9 Å². The maximum absolute atomic E-state index is 12.7. The van der Waals surface area contributed by atoms with E-state index in [4.69, 9.17) is 5.11 Å². The lowest BCUT2D eigenvalue weighted by Gasteiger charge is -2.37. The molecule has 1 fully saturated rings. The van der Waals surface area contributed by atoms with Gasteiger partial charge in [0.05, 0.1) is 6.54 Å². The van der Waals surface area contributed by atoms with Crippen molar-refractivity contribution in [3.8, 4) is 11.1 Å². The number of carboxylic acid groups (broad SMARTS) is 1. The van der Waals surface area contributed by atoms with Crippen molar-refractivity contribution >= 4 is 17.7 Å². The van der Waals surface area contributed by atoms with Gasteiger partial charge in [-0.05, 0) is 60.2 Å². The van der Waals surface area contributed by atoms with Crippen LogP contribution in [-0.4, -0.2) is 59.1 Å². The second kappa shape index (κ2) is 8.25. The lowest BCUT2D eigenvalue weighted by atomic mass is 10.0. The first-order chi connectivity index (χ1) is 14.0. The van der Waals surface area contributed by atoms with Crippen molar-refractivity contribution in [1.29, 1.82) is 0 Å². The molecule has 0 atom stereocenters. The molecule has 4 rings (SSSR count). The Labute approximate surface area is 171 Å². The monoisotopic (exact) mass is 393 g/mol. The Balaban J connectivity index is 1.35. The SMILES string of the molecule is CCN(CC(=O)O)C1CCN(C(=O)Nc2ccc3c(c2)Cc2ccccc2-3)CC1. The quantitative estimate of drug-likeness (QED) is 0.694. The van der Waals surface area contributed by atoms with E-state index in [0.29, 0.717) is 19.6 Å². The average Bonchev–Trinajstić information content (AvgIpc) is 3.09. The van der Waals surface area contributed by atoms with Gasteiger partial charge >= 0.3 is 12.0 Å². The van der Waals surface area contributed by atoms with Crippen molar-refractivity contribution in [2.45, 2.75) is 32.2 Å². The maximum atomic E-state index is 12.7. The minimum Gasteiger partial charge on any atom is -0.480 e. The van der Waals surface area contributed by atoms with E-state index in [9.17, 15) is 9.59 Å². The molecule has 2 aliphatic rings. The lowest BCUT2D eigenvalue weighted by Crippen LogP contribution is -2.49. The first kappa shape index (κ1) is 19.5. The van der Waals surface area contributed by atoms with Gasteiger partial charge < -0.3 is 15.3 Å². The molecular weight excluding hydrogens is 366 g/mol. The summed E-state index contributed by atoms with van der Waals surface area (Å²) in [7, 11) is 0. The fraction of sp³-hybridized carbons (Fsp3) is 0.391. The van der Waals surface area contributed by atoms with Crippen LogP contribution in [0.5, 0.6) is 0 Å². The first-order valence-electron chi connectivity index (χ1n) is 10.3. The van der Waals surface area contributed by atoms with E-state index < -0.39 is 5.97 Å². The third kappa shape index (κ3) is 4.12. The normalized spacial score (nSPS) is 15.9. The Hall–Kier alpha value is -2.86. The number of likely N-dealkylation sites (tertiary alicyclic amines) is 1. The van der Waals surface area contributed by atoms with Crippen LogP contribution in [0.2, 0.25) is 0 Å². The van der Waals surface area contributed by atoms with E-state index in [2.05, 4.69) is 41.7 Å². The molecule has 2 N–H and O–H groups in total. The number of piperidine rings is 1. The van der Waals surface area contributed by atoms with Gasteiger partial charge in [-0.25, -0.2) is 4.79 Å². The van der Waals surface area contributed by atoms with Gasteiger partial charge in [-0.15, -0.1) is 0 Å². The van der Waals surface area contributed by atoms with Crippen LogP contribution < -0.4 is 5.32 Å². The number of anilines is 1. The standard InChI is InChI=1S/C23H27N3O3/c1-2-25(15-22(27)28)19-9-11-26(12-10-19)23(29)24-18-7-8-21-17(14-18)13-16-5-3-4-6-20(16)21/h3-8,14,19H,2,9-13,15H2,1H3,(H,24,29)(H,27,28). The molecule has 0 radical (unpaired) electrons. The van der Waals surface area contributed by atoms with Crippen molar-refractivity contribution < 1.29 is 14.7 Å². The third-order valence-electron chi connectivity index (χ3n) is 6.06. The molecule has 29 heavy (non-hydrogen) atoms. The average molecular weight is 393 g/mol. The highest BCUT2D eigenvalue weighted by molar-refractivity contribution is 5.90. The summed E-state index contributed by atoms with van der Waals surface area (Å²) in [5.74, 6) is -0.800. The Kier molecular flexibility index (Phi) is 5.53. The number of carbonyl (C=O) groups is 2. The van der Waals surface area contributed by atoms with E-state index in [1.54, 1.807) is 0 Å². The fourth-order valence-electron chi connectivity index (χ4n) is 4.53. The third-order valence-corrected chi connectivity index (χ3v) is 6.06. The molecule has 6 heteroatoms. The number of urea groups is 1. The summed E-state index contributed by atoms with van der Waals surface area (Å²) in [4.78, 5) is 27.5. The summed E-state index contributed by atoms with van der Waals surface area (Å²) >= 11 is 0. The van der Waals surface area contributed by atoms with Gasteiger partial charge in [-0.2, -0.15) is 0 Å². The molecule has 152 valence electrons. The summed E-state index contributed by atoms with van der Waals surface area (Å²) in [5.41, 5.74) is 5.93. The molecule has 2 amide bonds. The van der Waals surface area contributed by atoms with Crippen LogP contribution in [0.15, 0.2) is 42.5 Å². The van der Waals surface area contributed by atoms with Gasteiger partial charge in [-0.3, -0.25) is 9.69 Å². The summed E-state index contributed by atoms with van der Waals surface area (Å²) in [6.45, 7) is 4.03. The number of nitrogens with zero attached hydrogens (tertiary/aromatic N) is 2. The van der Waals surface area contributed by atoms with E-state index in [1.807, 2.05) is 22.8 Å². The van der Waals surface area contributed by atoms with Crippen molar-refractivity contribution in [2.75, 3.05) is 31.5 Å². The summed E-state index contributed by atoms with van der Waals surface area (Å²) in [6.07, 6.45) is 2.50. The number of carbonyl (C=O) groups excluding carboxylic acids is 1. The van der Waals surface area contributed by atoms with Gasteiger partial charge in [0, 0.05) is 24.8 Å². The number of carboxylic acids is 1. The molecule has 0 unspecified atom stereocenters. The van der Waals surface area contributed by atoms with E-state index >= 15 is 0 Å². The van der Waals surface area contributed by atoms with E-state index in [1.165, 1.54) is 22.3 Å². The Morgan fingerprint density at radius 2 is 1.83 bits per heavy atom. The van der Waals surface area contributed by atoms with Crippen LogP contribution in [0, 0.1) is 0 Å². The number of fused-ring (bicyclic) bond motifs is 3. The number of amides is 2. The van der Waals surface area contributed by atoms with Gasteiger partial charge in [0.25, 0.3) is 0 Å². The second-order valence-electron chi connectivity index (χ2n) is 7.81. The molecule has 1 aliphatic heterocycles.